The van der Waals surface area contributed by atoms with Gasteiger partial charge < -0.3 is 10.2 Å². The first kappa shape index (κ1) is 22.7. The molecule has 12 heteroatoms. The zero-order chi connectivity index (χ0) is 23.4. The number of piperidine rings is 1. The second kappa shape index (κ2) is 9.55. The van der Waals surface area contributed by atoms with E-state index in [2.05, 4.69) is 19.9 Å². The second-order valence-electron chi connectivity index (χ2n) is 7.43. The molecule has 1 fully saturated rings. The first-order valence-electron chi connectivity index (χ1n) is 10.2. The van der Waals surface area contributed by atoms with Gasteiger partial charge in [-0.3, -0.25) is 19.6 Å². The third kappa shape index (κ3) is 5.29. The summed E-state index contributed by atoms with van der Waals surface area (Å²) in [5.41, 5.74) is 1.04. The number of rotatable bonds is 7. The highest BCUT2D eigenvalue weighted by Gasteiger charge is 2.22. The molecule has 0 saturated carbocycles. The molecule has 4 rings (SSSR count). The largest absolute Gasteiger partial charge is 0.371 e. The van der Waals surface area contributed by atoms with Crippen molar-refractivity contribution < 1.29 is 18.1 Å². The molecule has 1 aliphatic heterocycles. The number of nitro groups is 1. The van der Waals surface area contributed by atoms with E-state index >= 15 is 0 Å². The van der Waals surface area contributed by atoms with Crippen molar-refractivity contribution in [2.45, 2.75) is 24.2 Å². The molecule has 1 aliphatic rings. The molecule has 172 valence electrons. The van der Waals surface area contributed by atoms with Crippen LogP contribution in [0.25, 0.3) is 0 Å². The molecule has 2 N–H and O–H groups in total. The highest BCUT2D eigenvalue weighted by Crippen LogP contribution is 2.29. The summed E-state index contributed by atoms with van der Waals surface area (Å²) in [5.74, 6) is -0.504. The predicted octanol–water partition coefficient (Wildman–Crippen LogP) is 4.09. The number of carbonyl (C=O) groups excluding carboxylic acids is 1. The summed E-state index contributed by atoms with van der Waals surface area (Å²) in [6, 6.07) is 9.94. The summed E-state index contributed by atoms with van der Waals surface area (Å²) in [6.07, 6.45) is 4.58. The maximum Gasteiger partial charge on any atom is 0.270 e. The Morgan fingerprint density at radius 1 is 1.09 bits per heavy atom. The zero-order valence-corrected chi connectivity index (χ0v) is 19.1. The molecule has 0 aliphatic carbocycles. The molecule has 1 saturated heterocycles. The number of non-ortho nitro benzene ring substituents is 1. The zero-order valence-electron chi connectivity index (χ0n) is 17.4. The van der Waals surface area contributed by atoms with Crippen LogP contribution in [0.4, 0.5) is 22.2 Å². The van der Waals surface area contributed by atoms with Crippen LogP contribution in [0.1, 0.15) is 29.6 Å². The molecule has 0 spiro atoms. The maximum absolute atomic E-state index is 13.0. The van der Waals surface area contributed by atoms with Crippen LogP contribution in [0.2, 0.25) is 0 Å². The summed E-state index contributed by atoms with van der Waals surface area (Å²) in [7, 11) is -3.81. The van der Waals surface area contributed by atoms with E-state index in [0.29, 0.717) is 11.4 Å². The van der Waals surface area contributed by atoms with E-state index in [4.69, 9.17) is 0 Å². The van der Waals surface area contributed by atoms with Crippen LogP contribution in [0.15, 0.2) is 58.9 Å². The second-order valence-corrected chi connectivity index (χ2v) is 10.0. The van der Waals surface area contributed by atoms with Gasteiger partial charge in [-0.25, -0.2) is 13.4 Å². The molecule has 10 nitrogen and oxygen atoms in total. The Kier molecular flexibility index (Phi) is 6.56. The van der Waals surface area contributed by atoms with Crippen LogP contribution in [0.3, 0.4) is 0 Å². The smallest absolute Gasteiger partial charge is 0.270 e. The quantitative estimate of drug-likeness (QED) is 0.378. The minimum atomic E-state index is -3.81. The highest BCUT2D eigenvalue weighted by atomic mass is 32.2. The van der Waals surface area contributed by atoms with Gasteiger partial charge in [0.15, 0.2) is 5.13 Å². The Bertz CT molecular complexity index is 1250. The van der Waals surface area contributed by atoms with Crippen molar-refractivity contribution in [3.8, 4) is 0 Å². The van der Waals surface area contributed by atoms with Crippen molar-refractivity contribution >= 4 is 49.5 Å². The van der Waals surface area contributed by atoms with Crippen molar-refractivity contribution in [1.82, 2.24) is 4.98 Å². The number of carbonyl (C=O) groups is 1. The number of hydrogen-bond donors (Lipinski definition) is 2. The molecule has 1 amide bonds. The van der Waals surface area contributed by atoms with Crippen molar-refractivity contribution in [3.05, 3.63) is 69.7 Å². The van der Waals surface area contributed by atoms with Gasteiger partial charge >= 0.3 is 0 Å². The molecule has 2 heterocycles. The number of aromatic nitrogens is 1. The Labute approximate surface area is 194 Å². The van der Waals surface area contributed by atoms with Crippen molar-refractivity contribution in [1.29, 1.82) is 0 Å². The fourth-order valence-electron chi connectivity index (χ4n) is 3.59. The number of thiazole rings is 1. The fraction of sp³-hybridized carbons (Fsp3) is 0.238. The molecule has 0 unspecified atom stereocenters. The Morgan fingerprint density at radius 3 is 2.45 bits per heavy atom. The van der Waals surface area contributed by atoms with E-state index in [-0.39, 0.29) is 21.3 Å². The molecule has 33 heavy (non-hydrogen) atoms. The summed E-state index contributed by atoms with van der Waals surface area (Å²) >= 11 is 1.16. The molecule has 1 aromatic heterocycles. The lowest BCUT2D eigenvalue weighted by Gasteiger charge is -2.30. The summed E-state index contributed by atoms with van der Waals surface area (Å²) in [4.78, 5) is 29.7. The standard InChI is InChI=1S/C21H21N5O5S2/c27-20(18-14-16(26(28)29)6-9-19(18)25-11-2-1-3-12-25)23-15-4-7-17(8-5-15)33(30,31)24-21-22-10-13-32-21/h4-10,13-14H,1-3,11-12H2,(H,22,24)(H,23,27). The lowest BCUT2D eigenvalue weighted by atomic mass is 10.1. The van der Waals surface area contributed by atoms with E-state index in [0.717, 1.165) is 43.7 Å². The number of benzene rings is 2. The summed E-state index contributed by atoms with van der Waals surface area (Å²) < 4.78 is 27.3. The lowest BCUT2D eigenvalue weighted by Crippen LogP contribution is -2.31. The van der Waals surface area contributed by atoms with Gasteiger partial charge in [-0.2, -0.15) is 0 Å². The molecule has 0 radical (unpaired) electrons. The first-order chi connectivity index (χ1) is 15.8. The van der Waals surface area contributed by atoms with Crippen LogP contribution in [-0.4, -0.2) is 37.3 Å². The summed E-state index contributed by atoms with van der Waals surface area (Å²) in [5, 5.41) is 15.9. The van der Waals surface area contributed by atoms with Crippen molar-refractivity contribution in [3.63, 3.8) is 0 Å². The van der Waals surface area contributed by atoms with Crippen molar-refractivity contribution in [2.75, 3.05) is 28.0 Å². The van der Waals surface area contributed by atoms with Gasteiger partial charge in [0, 0.05) is 42.5 Å². The lowest BCUT2D eigenvalue weighted by molar-refractivity contribution is -0.384. The molecule has 0 atom stereocenters. The van der Waals surface area contributed by atoms with E-state index in [1.165, 1.54) is 42.6 Å². The number of amides is 1. The number of anilines is 3. The van der Waals surface area contributed by atoms with Crippen LogP contribution >= 0.6 is 11.3 Å². The minimum Gasteiger partial charge on any atom is -0.371 e. The van der Waals surface area contributed by atoms with E-state index in [1.807, 2.05) is 0 Å². The van der Waals surface area contributed by atoms with Crippen LogP contribution in [-0.2, 0) is 10.0 Å². The number of nitro benzene ring substituents is 1. The van der Waals surface area contributed by atoms with E-state index in [9.17, 15) is 23.3 Å². The fourth-order valence-corrected chi connectivity index (χ4v) is 5.38. The van der Waals surface area contributed by atoms with Gasteiger partial charge in [-0.15, -0.1) is 11.3 Å². The monoisotopic (exact) mass is 487 g/mol. The summed E-state index contributed by atoms with van der Waals surface area (Å²) in [6.45, 7) is 1.55. The third-order valence-electron chi connectivity index (χ3n) is 5.21. The van der Waals surface area contributed by atoms with Gasteiger partial charge in [0.05, 0.1) is 21.1 Å². The minimum absolute atomic E-state index is 0.0139. The Balaban J connectivity index is 1.55. The maximum atomic E-state index is 13.0. The topological polar surface area (TPSA) is 135 Å². The van der Waals surface area contributed by atoms with E-state index in [1.54, 1.807) is 11.4 Å². The number of sulfonamides is 1. The Hall–Kier alpha value is -3.51. The van der Waals surface area contributed by atoms with Gasteiger partial charge in [-0.05, 0) is 49.6 Å². The van der Waals surface area contributed by atoms with Gasteiger partial charge in [-0.1, -0.05) is 0 Å². The third-order valence-corrected chi connectivity index (χ3v) is 7.38. The van der Waals surface area contributed by atoms with Crippen LogP contribution in [0.5, 0.6) is 0 Å². The molecular formula is C21H21N5O5S2. The molecule has 3 aromatic rings. The van der Waals surface area contributed by atoms with Crippen LogP contribution < -0.4 is 14.9 Å². The molecule has 0 bridgehead atoms. The molecular weight excluding hydrogens is 466 g/mol. The SMILES string of the molecule is O=C(Nc1ccc(S(=O)(=O)Nc2nccs2)cc1)c1cc([N+](=O)[O-])ccc1N1CCCCC1. The highest BCUT2D eigenvalue weighted by molar-refractivity contribution is 7.93. The van der Waals surface area contributed by atoms with Crippen molar-refractivity contribution in [2.24, 2.45) is 0 Å². The first-order valence-corrected chi connectivity index (χ1v) is 12.6. The van der Waals surface area contributed by atoms with E-state index < -0.39 is 20.9 Å². The van der Waals surface area contributed by atoms with Gasteiger partial charge in [0.25, 0.3) is 21.6 Å². The number of hydrogen-bond acceptors (Lipinski definition) is 8. The average Bonchev–Trinajstić information content (AvgIpc) is 3.32. The number of nitrogens with one attached hydrogen (secondary N) is 2. The van der Waals surface area contributed by atoms with Gasteiger partial charge in [0.2, 0.25) is 0 Å². The average molecular weight is 488 g/mol. The predicted molar refractivity (Wildman–Crippen MR) is 126 cm³/mol. The van der Waals surface area contributed by atoms with Gasteiger partial charge in [0.1, 0.15) is 0 Å². The number of nitrogens with zero attached hydrogens (tertiary/aromatic N) is 3. The van der Waals surface area contributed by atoms with Crippen LogP contribution in [0, 0.1) is 10.1 Å². The normalized spacial score (nSPS) is 14.0. The Morgan fingerprint density at radius 2 is 1.82 bits per heavy atom. The molecule has 2 aromatic carbocycles.